The Morgan fingerprint density at radius 3 is 2.44 bits per heavy atom. The molecule has 0 saturated carbocycles. The molecule has 0 aliphatic rings. The van der Waals surface area contributed by atoms with Gasteiger partial charge in [0.25, 0.3) is 0 Å². The van der Waals surface area contributed by atoms with Crippen LogP contribution in [0.1, 0.15) is 27.2 Å². The molecule has 18 heavy (non-hydrogen) atoms. The predicted molar refractivity (Wildman–Crippen MR) is 78.3 cm³/mol. The zero-order valence-corrected chi connectivity index (χ0v) is 12.2. The highest BCUT2D eigenvalue weighted by atomic mass is 16.5. The summed E-state index contributed by atoms with van der Waals surface area (Å²) in [6.07, 6.45) is 0.970. The number of nitrogens with two attached hydrogens (primary N) is 1. The molecule has 2 N–H and O–H groups in total. The Morgan fingerprint density at radius 1 is 1.28 bits per heavy atom. The lowest BCUT2D eigenvalue weighted by atomic mass is 9.85. The Bertz CT molecular complexity index is 371. The third-order valence-corrected chi connectivity index (χ3v) is 3.38. The van der Waals surface area contributed by atoms with Gasteiger partial charge in [0.2, 0.25) is 0 Å². The van der Waals surface area contributed by atoms with Crippen molar-refractivity contribution in [3.63, 3.8) is 0 Å². The van der Waals surface area contributed by atoms with E-state index in [1.54, 1.807) is 7.11 Å². The molecule has 0 saturated heterocycles. The van der Waals surface area contributed by atoms with E-state index in [1.165, 1.54) is 0 Å². The SMILES string of the molecule is COc1ccccc1N(C)CCC(N)C(C)(C)C. The molecule has 1 unspecified atom stereocenters. The van der Waals surface area contributed by atoms with E-state index in [4.69, 9.17) is 10.5 Å². The third kappa shape index (κ3) is 3.91. The zero-order chi connectivity index (χ0) is 13.8. The molecule has 0 bridgehead atoms. The second kappa shape index (κ2) is 6.10. The number of anilines is 1. The van der Waals surface area contributed by atoms with Crippen LogP contribution in [0.2, 0.25) is 0 Å². The summed E-state index contributed by atoms with van der Waals surface area (Å²) in [6, 6.07) is 8.26. The second-order valence-electron chi connectivity index (χ2n) is 5.85. The third-order valence-electron chi connectivity index (χ3n) is 3.38. The van der Waals surface area contributed by atoms with Crippen LogP contribution in [0.15, 0.2) is 24.3 Å². The van der Waals surface area contributed by atoms with Crippen molar-refractivity contribution in [2.24, 2.45) is 11.1 Å². The lowest BCUT2D eigenvalue weighted by Crippen LogP contribution is -2.38. The van der Waals surface area contributed by atoms with Crippen molar-refractivity contribution in [3.05, 3.63) is 24.3 Å². The van der Waals surface area contributed by atoms with Gasteiger partial charge in [0.05, 0.1) is 12.8 Å². The first-order chi connectivity index (χ1) is 8.36. The Kier molecular flexibility index (Phi) is 5.03. The first kappa shape index (κ1) is 14.8. The fourth-order valence-corrected chi connectivity index (χ4v) is 1.83. The minimum absolute atomic E-state index is 0.154. The van der Waals surface area contributed by atoms with Gasteiger partial charge in [-0.25, -0.2) is 0 Å². The largest absolute Gasteiger partial charge is 0.495 e. The number of benzene rings is 1. The fourth-order valence-electron chi connectivity index (χ4n) is 1.83. The molecule has 1 aromatic rings. The van der Waals surface area contributed by atoms with E-state index in [2.05, 4.69) is 38.8 Å². The topological polar surface area (TPSA) is 38.5 Å². The van der Waals surface area contributed by atoms with Gasteiger partial charge >= 0.3 is 0 Å². The van der Waals surface area contributed by atoms with Gasteiger partial charge in [-0.1, -0.05) is 32.9 Å². The first-order valence-corrected chi connectivity index (χ1v) is 6.46. The van der Waals surface area contributed by atoms with Crippen LogP contribution in [-0.2, 0) is 0 Å². The molecule has 0 heterocycles. The number of ether oxygens (including phenoxy) is 1. The van der Waals surface area contributed by atoms with Gasteiger partial charge in [-0.2, -0.15) is 0 Å². The number of nitrogens with zero attached hydrogens (tertiary/aromatic N) is 1. The molecule has 0 amide bonds. The standard InChI is InChI=1S/C15H26N2O/c1-15(2,3)14(16)10-11-17(4)12-8-6-7-9-13(12)18-5/h6-9,14H,10-11,16H2,1-5H3. The highest BCUT2D eigenvalue weighted by Gasteiger charge is 2.20. The molecule has 1 aromatic carbocycles. The van der Waals surface area contributed by atoms with Crippen LogP contribution in [0.5, 0.6) is 5.75 Å². The minimum Gasteiger partial charge on any atom is -0.495 e. The molecule has 0 aromatic heterocycles. The van der Waals surface area contributed by atoms with E-state index >= 15 is 0 Å². The van der Waals surface area contributed by atoms with Crippen molar-refractivity contribution in [1.29, 1.82) is 0 Å². The zero-order valence-electron chi connectivity index (χ0n) is 12.2. The fraction of sp³-hybridized carbons (Fsp3) is 0.600. The molecule has 0 fully saturated rings. The quantitative estimate of drug-likeness (QED) is 0.873. The van der Waals surface area contributed by atoms with Gasteiger partial charge in [-0.05, 0) is 24.0 Å². The Hall–Kier alpha value is -1.22. The summed E-state index contributed by atoms with van der Waals surface area (Å²) in [5.74, 6) is 0.907. The second-order valence-corrected chi connectivity index (χ2v) is 5.85. The summed E-state index contributed by atoms with van der Waals surface area (Å²) in [6.45, 7) is 7.47. The van der Waals surface area contributed by atoms with Crippen molar-refractivity contribution < 1.29 is 4.74 Å². The van der Waals surface area contributed by atoms with Crippen LogP contribution in [0.3, 0.4) is 0 Å². The van der Waals surface area contributed by atoms with Gasteiger partial charge in [-0.15, -0.1) is 0 Å². The molecule has 0 spiro atoms. The first-order valence-electron chi connectivity index (χ1n) is 6.46. The van der Waals surface area contributed by atoms with E-state index in [-0.39, 0.29) is 11.5 Å². The molecular formula is C15H26N2O. The van der Waals surface area contributed by atoms with E-state index < -0.39 is 0 Å². The predicted octanol–water partition coefficient (Wildman–Crippen LogP) is 2.89. The average Bonchev–Trinajstić information content (AvgIpc) is 2.34. The summed E-state index contributed by atoms with van der Waals surface area (Å²) in [7, 11) is 3.78. The molecule has 0 aliphatic heterocycles. The molecule has 0 aliphatic carbocycles. The highest BCUT2D eigenvalue weighted by Crippen LogP contribution is 2.27. The maximum Gasteiger partial charge on any atom is 0.142 e. The number of rotatable bonds is 5. The molecule has 3 heteroatoms. The number of hydrogen-bond acceptors (Lipinski definition) is 3. The van der Waals surface area contributed by atoms with E-state index in [9.17, 15) is 0 Å². The van der Waals surface area contributed by atoms with E-state index in [1.807, 2.05) is 18.2 Å². The Labute approximate surface area is 111 Å². The van der Waals surface area contributed by atoms with Crippen molar-refractivity contribution in [3.8, 4) is 5.75 Å². The maximum atomic E-state index is 6.19. The summed E-state index contributed by atoms with van der Waals surface area (Å²) in [5, 5.41) is 0. The van der Waals surface area contributed by atoms with Crippen LogP contribution in [0.25, 0.3) is 0 Å². The van der Waals surface area contributed by atoms with Crippen molar-refractivity contribution in [1.82, 2.24) is 0 Å². The lowest BCUT2D eigenvalue weighted by molar-refractivity contribution is 0.307. The van der Waals surface area contributed by atoms with Gasteiger partial charge in [0, 0.05) is 19.6 Å². The number of hydrogen-bond donors (Lipinski definition) is 1. The summed E-state index contributed by atoms with van der Waals surface area (Å²) in [4.78, 5) is 2.20. The van der Waals surface area contributed by atoms with Gasteiger partial charge < -0.3 is 15.4 Å². The van der Waals surface area contributed by atoms with Crippen LogP contribution in [-0.4, -0.2) is 26.7 Å². The number of methoxy groups -OCH3 is 1. The van der Waals surface area contributed by atoms with E-state index in [0.29, 0.717) is 0 Å². The normalized spacial score (nSPS) is 13.2. The number of para-hydroxylation sites is 2. The van der Waals surface area contributed by atoms with Gasteiger partial charge in [-0.3, -0.25) is 0 Å². The average molecular weight is 250 g/mol. The van der Waals surface area contributed by atoms with Crippen LogP contribution >= 0.6 is 0 Å². The molecular weight excluding hydrogens is 224 g/mol. The summed E-state index contributed by atoms with van der Waals surface area (Å²) in [5.41, 5.74) is 7.46. The lowest BCUT2D eigenvalue weighted by Gasteiger charge is -2.30. The summed E-state index contributed by atoms with van der Waals surface area (Å²) < 4.78 is 5.37. The van der Waals surface area contributed by atoms with Crippen molar-refractivity contribution in [2.45, 2.75) is 33.2 Å². The van der Waals surface area contributed by atoms with Crippen molar-refractivity contribution in [2.75, 3.05) is 25.6 Å². The van der Waals surface area contributed by atoms with Crippen LogP contribution in [0.4, 0.5) is 5.69 Å². The summed E-state index contributed by atoms with van der Waals surface area (Å²) >= 11 is 0. The molecule has 1 atom stereocenters. The van der Waals surface area contributed by atoms with Crippen LogP contribution < -0.4 is 15.4 Å². The molecule has 3 nitrogen and oxygen atoms in total. The van der Waals surface area contributed by atoms with Crippen LogP contribution in [0, 0.1) is 5.41 Å². The van der Waals surface area contributed by atoms with E-state index in [0.717, 1.165) is 24.4 Å². The smallest absolute Gasteiger partial charge is 0.142 e. The molecule has 1 rings (SSSR count). The maximum absolute atomic E-state index is 6.19. The monoisotopic (exact) mass is 250 g/mol. The molecule has 102 valence electrons. The Balaban J connectivity index is 2.63. The minimum atomic E-state index is 0.154. The van der Waals surface area contributed by atoms with Crippen molar-refractivity contribution >= 4 is 5.69 Å². The Morgan fingerprint density at radius 2 is 1.89 bits per heavy atom. The van der Waals surface area contributed by atoms with Gasteiger partial charge in [0.1, 0.15) is 5.75 Å². The van der Waals surface area contributed by atoms with Gasteiger partial charge in [0.15, 0.2) is 0 Å². The highest BCUT2D eigenvalue weighted by molar-refractivity contribution is 5.57. The molecule has 0 radical (unpaired) electrons.